The van der Waals surface area contributed by atoms with E-state index in [1.807, 2.05) is 23.6 Å². The number of aliphatic imine (C=N–C) groups is 1. The topological polar surface area (TPSA) is 37.4 Å². The van der Waals surface area contributed by atoms with Crippen molar-refractivity contribution >= 4 is 23.1 Å². The second-order valence-electron chi connectivity index (χ2n) is 4.77. The molecule has 3 heterocycles. The Labute approximate surface area is 122 Å². The fourth-order valence-electron chi connectivity index (χ4n) is 2.28. The summed E-state index contributed by atoms with van der Waals surface area (Å²) in [6.07, 6.45) is 6.14. The van der Waals surface area contributed by atoms with Gasteiger partial charge in [-0.2, -0.15) is 0 Å². The Kier molecular flexibility index (Phi) is 3.32. The fraction of sp³-hybridized carbons (Fsp3) is 0.188. The molecular formula is C16H16N2OS. The van der Waals surface area contributed by atoms with Crippen molar-refractivity contribution in [2.75, 3.05) is 7.11 Å². The molecule has 0 saturated carbocycles. The van der Waals surface area contributed by atoms with Crippen molar-refractivity contribution in [1.29, 1.82) is 0 Å². The van der Waals surface area contributed by atoms with E-state index in [9.17, 15) is 0 Å². The molecule has 3 rings (SSSR count). The Morgan fingerprint density at radius 3 is 2.85 bits per heavy atom. The maximum Gasteiger partial charge on any atom is 0.139 e. The largest absolute Gasteiger partial charge is 0.495 e. The van der Waals surface area contributed by atoms with Gasteiger partial charge in [-0.1, -0.05) is 0 Å². The molecule has 1 N–H and O–H groups in total. The molecule has 0 fully saturated rings. The number of aromatic nitrogens is 1. The molecule has 0 saturated heterocycles. The van der Waals surface area contributed by atoms with Crippen LogP contribution in [0, 0.1) is 13.8 Å². The quantitative estimate of drug-likeness (QED) is 0.905. The monoisotopic (exact) mass is 284 g/mol. The molecule has 2 aromatic rings. The summed E-state index contributed by atoms with van der Waals surface area (Å²) in [5.74, 6) is 0.881. The lowest BCUT2D eigenvalue weighted by Crippen LogP contribution is -1.93. The molecule has 0 aromatic carbocycles. The van der Waals surface area contributed by atoms with E-state index in [0.29, 0.717) is 0 Å². The molecule has 20 heavy (non-hydrogen) atoms. The highest BCUT2D eigenvalue weighted by molar-refractivity contribution is 7.12. The zero-order chi connectivity index (χ0) is 14.1. The van der Waals surface area contributed by atoms with E-state index in [0.717, 1.165) is 27.7 Å². The third-order valence-electron chi connectivity index (χ3n) is 3.23. The minimum atomic E-state index is 0.881. The smallest absolute Gasteiger partial charge is 0.139 e. The van der Waals surface area contributed by atoms with Crippen molar-refractivity contribution in [2.45, 2.75) is 13.8 Å². The lowest BCUT2D eigenvalue weighted by molar-refractivity contribution is 0.416. The fourth-order valence-corrected chi connectivity index (χ4v) is 3.11. The highest BCUT2D eigenvalue weighted by Crippen LogP contribution is 2.29. The summed E-state index contributed by atoms with van der Waals surface area (Å²) in [5, 5.41) is 2.02. The Bertz CT molecular complexity index is 731. The van der Waals surface area contributed by atoms with E-state index in [1.54, 1.807) is 18.4 Å². The van der Waals surface area contributed by atoms with Crippen LogP contribution in [0.15, 0.2) is 40.4 Å². The predicted octanol–water partition coefficient (Wildman–Crippen LogP) is 4.10. The summed E-state index contributed by atoms with van der Waals surface area (Å²) >= 11 is 1.64. The van der Waals surface area contributed by atoms with Crippen molar-refractivity contribution in [1.82, 2.24) is 4.98 Å². The van der Waals surface area contributed by atoms with Gasteiger partial charge in [0.15, 0.2) is 0 Å². The summed E-state index contributed by atoms with van der Waals surface area (Å²) in [6, 6.07) is 4.11. The summed E-state index contributed by atoms with van der Waals surface area (Å²) < 4.78 is 5.34. The van der Waals surface area contributed by atoms with Gasteiger partial charge in [-0.3, -0.25) is 0 Å². The van der Waals surface area contributed by atoms with Crippen molar-refractivity contribution < 1.29 is 4.74 Å². The van der Waals surface area contributed by atoms with Crippen molar-refractivity contribution in [3.8, 4) is 5.75 Å². The summed E-state index contributed by atoms with van der Waals surface area (Å²) in [7, 11) is 1.69. The average molecular weight is 284 g/mol. The number of hydrogen-bond donors (Lipinski definition) is 1. The SMILES string of the molecule is COc1ccsc1C1=NC(=Cc2[nH]c(C)cc2C)C=C1. The number of thiophene rings is 1. The molecule has 0 bridgehead atoms. The minimum Gasteiger partial charge on any atom is -0.495 e. The summed E-state index contributed by atoms with van der Waals surface area (Å²) in [6.45, 7) is 4.16. The average Bonchev–Trinajstić information content (AvgIpc) is 3.10. The van der Waals surface area contributed by atoms with Gasteiger partial charge >= 0.3 is 0 Å². The molecular weight excluding hydrogens is 268 g/mol. The van der Waals surface area contributed by atoms with E-state index in [2.05, 4.69) is 36.0 Å². The second-order valence-corrected chi connectivity index (χ2v) is 5.68. The van der Waals surface area contributed by atoms with Gasteiger partial charge in [-0.05, 0) is 55.2 Å². The van der Waals surface area contributed by atoms with Crippen LogP contribution in [0.2, 0.25) is 0 Å². The number of methoxy groups -OCH3 is 1. The third-order valence-corrected chi connectivity index (χ3v) is 4.14. The molecule has 0 spiro atoms. The van der Waals surface area contributed by atoms with Gasteiger partial charge in [0, 0.05) is 11.4 Å². The Balaban J connectivity index is 1.93. The van der Waals surface area contributed by atoms with Crippen LogP contribution < -0.4 is 4.74 Å². The number of ether oxygens (including phenoxy) is 1. The first-order valence-corrected chi connectivity index (χ1v) is 7.32. The van der Waals surface area contributed by atoms with Gasteiger partial charge in [-0.15, -0.1) is 11.3 Å². The van der Waals surface area contributed by atoms with Crippen LogP contribution in [-0.2, 0) is 0 Å². The molecule has 3 nitrogen and oxygen atoms in total. The van der Waals surface area contributed by atoms with Crippen LogP contribution >= 0.6 is 11.3 Å². The van der Waals surface area contributed by atoms with E-state index in [4.69, 9.17) is 4.74 Å². The van der Waals surface area contributed by atoms with Crippen molar-refractivity contribution in [3.05, 3.63) is 57.2 Å². The van der Waals surface area contributed by atoms with Gasteiger partial charge in [0.25, 0.3) is 0 Å². The first-order chi connectivity index (χ1) is 9.67. The zero-order valence-corrected chi connectivity index (χ0v) is 12.5. The second kappa shape index (κ2) is 5.13. The molecule has 1 aliphatic heterocycles. The van der Waals surface area contributed by atoms with E-state index >= 15 is 0 Å². The molecule has 0 atom stereocenters. The number of nitrogens with zero attached hydrogens (tertiary/aromatic N) is 1. The molecule has 1 aliphatic rings. The lowest BCUT2D eigenvalue weighted by Gasteiger charge is -1.99. The minimum absolute atomic E-state index is 0.881. The van der Waals surface area contributed by atoms with E-state index < -0.39 is 0 Å². The van der Waals surface area contributed by atoms with Crippen molar-refractivity contribution in [2.24, 2.45) is 4.99 Å². The van der Waals surface area contributed by atoms with E-state index in [1.165, 1.54) is 11.3 Å². The zero-order valence-electron chi connectivity index (χ0n) is 11.7. The molecule has 0 aliphatic carbocycles. The normalized spacial score (nSPS) is 15.9. The van der Waals surface area contributed by atoms with Crippen LogP contribution in [-0.4, -0.2) is 17.8 Å². The molecule has 0 unspecified atom stereocenters. The predicted molar refractivity (Wildman–Crippen MR) is 84.8 cm³/mol. The number of aryl methyl sites for hydroxylation is 2. The van der Waals surface area contributed by atoms with Crippen LogP contribution in [0.25, 0.3) is 6.08 Å². The highest BCUT2D eigenvalue weighted by Gasteiger charge is 2.13. The van der Waals surface area contributed by atoms with Crippen LogP contribution in [0.3, 0.4) is 0 Å². The van der Waals surface area contributed by atoms with Gasteiger partial charge < -0.3 is 9.72 Å². The number of hydrogen-bond acceptors (Lipinski definition) is 3. The number of aromatic amines is 1. The van der Waals surface area contributed by atoms with Gasteiger partial charge in [0.05, 0.1) is 23.4 Å². The molecule has 2 aromatic heterocycles. The third kappa shape index (κ3) is 2.34. The number of nitrogens with one attached hydrogen (secondary N) is 1. The van der Waals surface area contributed by atoms with Gasteiger partial charge in [-0.25, -0.2) is 4.99 Å². The summed E-state index contributed by atoms with van der Waals surface area (Å²) in [4.78, 5) is 9.08. The van der Waals surface area contributed by atoms with Crippen LogP contribution in [0.1, 0.15) is 21.8 Å². The van der Waals surface area contributed by atoms with E-state index in [-0.39, 0.29) is 0 Å². The maximum absolute atomic E-state index is 5.34. The van der Waals surface area contributed by atoms with Crippen molar-refractivity contribution in [3.63, 3.8) is 0 Å². The first kappa shape index (κ1) is 12.9. The Hall–Kier alpha value is -2.07. The van der Waals surface area contributed by atoms with Crippen LogP contribution in [0.5, 0.6) is 5.75 Å². The van der Waals surface area contributed by atoms with Gasteiger partial charge in [0.1, 0.15) is 5.75 Å². The molecule has 102 valence electrons. The maximum atomic E-state index is 5.34. The molecule has 4 heteroatoms. The Morgan fingerprint density at radius 2 is 2.15 bits per heavy atom. The molecule has 0 amide bonds. The summed E-state index contributed by atoms with van der Waals surface area (Å²) in [5.41, 5.74) is 5.44. The lowest BCUT2D eigenvalue weighted by atomic mass is 10.2. The number of allylic oxidation sites excluding steroid dienone is 2. The standard InChI is InChI=1S/C16H16N2OS/c1-10-8-11(2)17-14(10)9-12-4-5-13(18-12)16-15(19-3)6-7-20-16/h4-9,17H,1-3H3. The van der Waals surface area contributed by atoms with Crippen LogP contribution in [0.4, 0.5) is 0 Å². The first-order valence-electron chi connectivity index (χ1n) is 6.44. The van der Waals surface area contributed by atoms with Gasteiger partial charge in [0.2, 0.25) is 0 Å². The number of rotatable bonds is 3. The Morgan fingerprint density at radius 1 is 1.30 bits per heavy atom. The number of H-pyrrole nitrogens is 1. The molecule has 0 radical (unpaired) electrons. The highest BCUT2D eigenvalue weighted by atomic mass is 32.1.